The lowest BCUT2D eigenvalue weighted by molar-refractivity contribution is -0.120. The van der Waals surface area contributed by atoms with Crippen LogP contribution in [0.1, 0.15) is 5.56 Å². The zero-order valence-electron chi connectivity index (χ0n) is 11.8. The van der Waals surface area contributed by atoms with Gasteiger partial charge in [-0.25, -0.2) is 13.2 Å². The number of oxime groups is 1. The monoisotopic (exact) mass is 376 g/mol. The molecule has 126 valence electrons. The zero-order valence-corrected chi connectivity index (χ0v) is 13.3. The highest BCUT2D eigenvalue weighted by Crippen LogP contribution is 2.22. The number of carbonyl (C=O) groups is 1. The standard InChI is InChI=1S/C15H9Cl2F3N2O2/c16-9-2-1-8(5-10(9)17)6-21-24-7-13(23)22-12-4-3-11(18)14(19)15(12)20/h1-6H,7H2,(H,22,23). The number of benzene rings is 2. The van der Waals surface area contributed by atoms with Crippen molar-refractivity contribution in [1.29, 1.82) is 0 Å². The van der Waals surface area contributed by atoms with Crippen molar-refractivity contribution >= 4 is 41.0 Å². The molecule has 0 aliphatic carbocycles. The zero-order chi connectivity index (χ0) is 17.7. The van der Waals surface area contributed by atoms with Gasteiger partial charge >= 0.3 is 0 Å². The van der Waals surface area contributed by atoms with E-state index in [4.69, 9.17) is 28.0 Å². The number of hydrogen-bond acceptors (Lipinski definition) is 3. The molecule has 2 rings (SSSR count). The molecule has 24 heavy (non-hydrogen) atoms. The third kappa shape index (κ3) is 4.62. The third-order valence-electron chi connectivity index (χ3n) is 2.72. The minimum absolute atomic E-state index is 0.326. The van der Waals surface area contributed by atoms with Crippen molar-refractivity contribution < 1.29 is 22.8 Å². The molecule has 0 heterocycles. The Kier molecular flexibility index (Phi) is 6.05. The molecule has 9 heteroatoms. The first-order valence-electron chi connectivity index (χ1n) is 6.42. The van der Waals surface area contributed by atoms with Gasteiger partial charge in [-0.05, 0) is 29.8 Å². The number of nitrogens with zero attached hydrogens (tertiary/aromatic N) is 1. The van der Waals surface area contributed by atoms with Crippen LogP contribution in [-0.4, -0.2) is 18.7 Å². The Morgan fingerprint density at radius 2 is 1.88 bits per heavy atom. The van der Waals surface area contributed by atoms with Gasteiger partial charge < -0.3 is 10.2 Å². The van der Waals surface area contributed by atoms with Crippen LogP contribution in [0, 0.1) is 17.5 Å². The Bertz CT molecular complexity index is 801. The van der Waals surface area contributed by atoms with Gasteiger partial charge in [0.2, 0.25) is 0 Å². The average molecular weight is 377 g/mol. The predicted octanol–water partition coefficient (Wildman–Crippen LogP) is 4.40. The molecule has 0 fully saturated rings. The molecule has 4 nitrogen and oxygen atoms in total. The van der Waals surface area contributed by atoms with Gasteiger partial charge in [0.1, 0.15) is 0 Å². The molecule has 0 unspecified atom stereocenters. The number of nitrogens with one attached hydrogen (secondary N) is 1. The lowest BCUT2D eigenvalue weighted by atomic mass is 10.2. The molecule has 0 aliphatic rings. The van der Waals surface area contributed by atoms with Crippen molar-refractivity contribution in [3.05, 3.63) is 63.4 Å². The van der Waals surface area contributed by atoms with E-state index in [0.717, 1.165) is 6.07 Å². The van der Waals surface area contributed by atoms with E-state index in [2.05, 4.69) is 5.16 Å². The van der Waals surface area contributed by atoms with Crippen LogP contribution in [0.3, 0.4) is 0 Å². The molecule has 0 radical (unpaired) electrons. The van der Waals surface area contributed by atoms with Crippen molar-refractivity contribution in [1.82, 2.24) is 0 Å². The summed E-state index contributed by atoms with van der Waals surface area (Å²) < 4.78 is 39.2. The highest BCUT2D eigenvalue weighted by molar-refractivity contribution is 6.42. The summed E-state index contributed by atoms with van der Waals surface area (Å²) in [5, 5.41) is 6.27. The molecule has 2 aromatic carbocycles. The Labute approximate surface area is 144 Å². The van der Waals surface area contributed by atoms with Gasteiger partial charge in [0.25, 0.3) is 5.91 Å². The van der Waals surface area contributed by atoms with Gasteiger partial charge in [-0.1, -0.05) is 34.4 Å². The number of hydrogen-bond donors (Lipinski definition) is 1. The normalized spacial score (nSPS) is 10.9. The summed E-state index contributed by atoms with van der Waals surface area (Å²) in [4.78, 5) is 16.3. The van der Waals surface area contributed by atoms with Crippen LogP contribution in [0.15, 0.2) is 35.5 Å². The van der Waals surface area contributed by atoms with Crippen LogP contribution in [-0.2, 0) is 9.63 Å². The molecule has 0 spiro atoms. The third-order valence-corrected chi connectivity index (χ3v) is 3.46. The summed E-state index contributed by atoms with van der Waals surface area (Å²) in [5.74, 6) is -5.33. The van der Waals surface area contributed by atoms with Crippen LogP contribution in [0.2, 0.25) is 10.0 Å². The first-order valence-corrected chi connectivity index (χ1v) is 7.18. The molecule has 0 atom stereocenters. The minimum atomic E-state index is -1.67. The summed E-state index contributed by atoms with van der Waals surface area (Å²) in [5.41, 5.74) is 0.0763. The Morgan fingerprint density at radius 3 is 2.58 bits per heavy atom. The molecule has 0 saturated heterocycles. The van der Waals surface area contributed by atoms with E-state index in [9.17, 15) is 18.0 Å². The smallest absolute Gasteiger partial charge is 0.265 e. The van der Waals surface area contributed by atoms with Gasteiger partial charge in [0, 0.05) is 0 Å². The number of halogens is 5. The van der Waals surface area contributed by atoms with Gasteiger partial charge in [-0.15, -0.1) is 0 Å². The maximum Gasteiger partial charge on any atom is 0.265 e. The van der Waals surface area contributed by atoms with Gasteiger partial charge in [0.05, 0.1) is 21.9 Å². The molecule has 0 aromatic heterocycles. The maximum atomic E-state index is 13.4. The van der Waals surface area contributed by atoms with Crippen molar-refractivity contribution in [2.75, 3.05) is 11.9 Å². The summed E-state index contributed by atoms with van der Waals surface area (Å²) >= 11 is 11.6. The summed E-state index contributed by atoms with van der Waals surface area (Å²) in [6.07, 6.45) is 1.29. The first-order chi connectivity index (χ1) is 11.4. The van der Waals surface area contributed by atoms with Gasteiger partial charge in [-0.3, -0.25) is 4.79 Å². The number of carbonyl (C=O) groups excluding carboxylic acids is 1. The largest absolute Gasteiger partial charge is 0.386 e. The van der Waals surface area contributed by atoms with Crippen LogP contribution < -0.4 is 5.32 Å². The first kappa shape index (κ1) is 18.1. The summed E-state index contributed by atoms with van der Waals surface area (Å²) in [6.45, 7) is -0.559. The van der Waals surface area contributed by atoms with Gasteiger partial charge in [-0.2, -0.15) is 0 Å². The molecule has 0 saturated carbocycles. The fraction of sp³-hybridized carbons (Fsp3) is 0.0667. The highest BCUT2D eigenvalue weighted by atomic mass is 35.5. The molecular formula is C15H9Cl2F3N2O2. The SMILES string of the molecule is O=C(CON=Cc1ccc(Cl)c(Cl)c1)Nc1ccc(F)c(F)c1F. The van der Waals surface area contributed by atoms with Crippen molar-refractivity contribution in [2.45, 2.75) is 0 Å². The molecule has 0 bridgehead atoms. The second-order valence-corrected chi connectivity index (χ2v) is 5.27. The van der Waals surface area contributed by atoms with Crippen LogP contribution in [0.25, 0.3) is 0 Å². The van der Waals surface area contributed by atoms with E-state index < -0.39 is 35.7 Å². The molecule has 2 aromatic rings. The molecule has 1 amide bonds. The van der Waals surface area contributed by atoms with Crippen molar-refractivity contribution in [3.8, 4) is 0 Å². The van der Waals surface area contributed by atoms with E-state index >= 15 is 0 Å². The van der Waals surface area contributed by atoms with E-state index in [-0.39, 0.29) is 0 Å². The van der Waals surface area contributed by atoms with Crippen LogP contribution in [0.5, 0.6) is 0 Å². The van der Waals surface area contributed by atoms with Crippen molar-refractivity contribution in [2.24, 2.45) is 5.16 Å². The van der Waals surface area contributed by atoms with E-state index in [1.807, 2.05) is 5.32 Å². The molecule has 0 aliphatic heterocycles. The number of amides is 1. The number of rotatable bonds is 5. The average Bonchev–Trinajstić information content (AvgIpc) is 2.55. The fourth-order valence-corrected chi connectivity index (χ4v) is 1.90. The Morgan fingerprint density at radius 1 is 1.12 bits per heavy atom. The highest BCUT2D eigenvalue weighted by Gasteiger charge is 2.15. The van der Waals surface area contributed by atoms with Gasteiger partial charge in [0.15, 0.2) is 24.1 Å². The lowest BCUT2D eigenvalue weighted by Crippen LogP contribution is -2.18. The second kappa shape index (κ2) is 8.03. The topological polar surface area (TPSA) is 50.7 Å². The van der Waals surface area contributed by atoms with E-state index in [0.29, 0.717) is 21.7 Å². The quantitative estimate of drug-likeness (QED) is 0.477. The fourth-order valence-electron chi connectivity index (χ4n) is 1.60. The molecule has 1 N–H and O–H groups in total. The Balaban J connectivity index is 1.88. The van der Waals surface area contributed by atoms with E-state index in [1.165, 1.54) is 12.3 Å². The maximum absolute atomic E-state index is 13.4. The minimum Gasteiger partial charge on any atom is -0.386 e. The van der Waals surface area contributed by atoms with E-state index in [1.54, 1.807) is 12.1 Å². The lowest BCUT2D eigenvalue weighted by Gasteiger charge is -2.06. The van der Waals surface area contributed by atoms with Crippen molar-refractivity contribution in [3.63, 3.8) is 0 Å². The summed E-state index contributed by atoms with van der Waals surface area (Å²) in [6, 6.07) is 6.30. The number of anilines is 1. The molecular weight excluding hydrogens is 368 g/mol. The Hall–Kier alpha value is -2.25. The van der Waals surface area contributed by atoms with Crippen LogP contribution in [0.4, 0.5) is 18.9 Å². The summed E-state index contributed by atoms with van der Waals surface area (Å²) in [7, 11) is 0. The predicted molar refractivity (Wildman–Crippen MR) is 85.0 cm³/mol. The second-order valence-electron chi connectivity index (χ2n) is 4.45. The van der Waals surface area contributed by atoms with Crippen LogP contribution >= 0.6 is 23.2 Å².